The zero-order valence-corrected chi connectivity index (χ0v) is 15.2. The van der Waals surface area contributed by atoms with E-state index in [1.165, 1.54) is 19.0 Å². The molecule has 0 aliphatic heterocycles. The van der Waals surface area contributed by atoms with E-state index in [9.17, 15) is 9.59 Å². The molecule has 0 saturated carbocycles. The maximum atomic E-state index is 12.3. The molecule has 0 fully saturated rings. The van der Waals surface area contributed by atoms with Crippen molar-refractivity contribution in [2.45, 2.75) is 34.1 Å². The molecule has 1 aromatic carbocycles. The van der Waals surface area contributed by atoms with E-state index in [0.29, 0.717) is 0 Å². The Kier molecular flexibility index (Phi) is 6.74. The lowest BCUT2D eigenvalue weighted by molar-refractivity contribution is -0.135. The Labute approximate surface area is 139 Å². The zero-order chi connectivity index (χ0) is 16.9. The molecule has 0 bridgehead atoms. The van der Waals surface area contributed by atoms with Crippen molar-refractivity contribution in [2.75, 3.05) is 13.7 Å². The van der Waals surface area contributed by atoms with Crippen LogP contribution in [0.3, 0.4) is 0 Å². The number of hydrazone groups is 1. The van der Waals surface area contributed by atoms with E-state index in [0.717, 1.165) is 21.2 Å². The first kappa shape index (κ1) is 18.4. The molecule has 0 spiro atoms. The summed E-state index contributed by atoms with van der Waals surface area (Å²) >= 11 is 3.49. The molecular weight excluding hydrogens is 348 g/mol. The van der Waals surface area contributed by atoms with Crippen molar-refractivity contribution in [3.05, 3.63) is 33.3 Å². The van der Waals surface area contributed by atoms with Crippen LogP contribution in [0.2, 0.25) is 0 Å². The average Bonchev–Trinajstić information content (AvgIpc) is 2.42. The molecule has 0 heterocycles. The van der Waals surface area contributed by atoms with Crippen molar-refractivity contribution >= 4 is 33.5 Å². The van der Waals surface area contributed by atoms with Crippen LogP contribution >= 0.6 is 15.9 Å². The molecular formula is C16H21BrN2O3. The Bertz CT molecular complexity index is 588. The molecule has 120 valence electrons. The predicted molar refractivity (Wildman–Crippen MR) is 89.8 cm³/mol. The summed E-state index contributed by atoms with van der Waals surface area (Å²) in [5.41, 5.74) is 3.24. The summed E-state index contributed by atoms with van der Waals surface area (Å²) in [7, 11) is 1.53. The van der Waals surface area contributed by atoms with Crippen LogP contribution < -0.4 is 0 Å². The minimum Gasteiger partial charge on any atom is -0.461 e. The van der Waals surface area contributed by atoms with Gasteiger partial charge in [-0.2, -0.15) is 5.10 Å². The van der Waals surface area contributed by atoms with Crippen LogP contribution in [0.25, 0.3) is 0 Å². The van der Waals surface area contributed by atoms with E-state index in [1.54, 1.807) is 6.92 Å². The van der Waals surface area contributed by atoms with Crippen molar-refractivity contribution in [3.63, 3.8) is 0 Å². The number of benzene rings is 1. The predicted octanol–water partition coefficient (Wildman–Crippen LogP) is 3.01. The molecule has 22 heavy (non-hydrogen) atoms. The van der Waals surface area contributed by atoms with Crippen molar-refractivity contribution in [3.8, 4) is 0 Å². The number of aryl methyl sites for hydroxylation is 2. The second kappa shape index (κ2) is 8.08. The van der Waals surface area contributed by atoms with Gasteiger partial charge in [-0.15, -0.1) is 0 Å². The molecule has 6 heteroatoms. The number of nitrogens with zero attached hydrogens (tertiary/aromatic N) is 2. The number of hydrogen-bond acceptors (Lipinski definition) is 4. The first-order chi connectivity index (χ1) is 10.3. The quantitative estimate of drug-likeness (QED) is 0.456. The fourth-order valence-corrected chi connectivity index (χ4v) is 2.81. The lowest BCUT2D eigenvalue weighted by Crippen LogP contribution is -2.27. The molecule has 1 rings (SSSR count). The number of likely N-dealkylation sites (N-methyl/N-ethyl adjacent to an activating group) is 1. The SMILES string of the molecule is CCOC(=O)C(C)=NN(C)C(=O)Cc1c(C)cc(C)cc1Br. The number of rotatable bonds is 5. The summed E-state index contributed by atoms with van der Waals surface area (Å²) in [4.78, 5) is 23.8. The molecule has 0 unspecified atom stereocenters. The van der Waals surface area contributed by atoms with Crippen molar-refractivity contribution < 1.29 is 14.3 Å². The summed E-state index contributed by atoms with van der Waals surface area (Å²) in [6.07, 6.45) is 0.211. The van der Waals surface area contributed by atoms with Gasteiger partial charge in [0.15, 0.2) is 0 Å². The number of hydrogen-bond donors (Lipinski definition) is 0. The fourth-order valence-electron chi connectivity index (χ4n) is 1.99. The van der Waals surface area contributed by atoms with Gasteiger partial charge in [-0.1, -0.05) is 22.0 Å². The van der Waals surface area contributed by atoms with Gasteiger partial charge in [-0.25, -0.2) is 9.80 Å². The third kappa shape index (κ3) is 4.94. The molecule has 0 atom stereocenters. The molecule has 0 aromatic heterocycles. The van der Waals surface area contributed by atoms with Gasteiger partial charge in [0.2, 0.25) is 5.91 Å². The summed E-state index contributed by atoms with van der Waals surface area (Å²) in [6.45, 7) is 7.49. The highest BCUT2D eigenvalue weighted by Gasteiger charge is 2.15. The lowest BCUT2D eigenvalue weighted by atomic mass is 10.0. The minimum atomic E-state index is -0.519. The Morgan fingerprint density at radius 1 is 1.32 bits per heavy atom. The van der Waals surface area contributed by atoms with E-state index in [1.807, 2.05) is 26.0 Å². The van der Waals surface area contributed by atoms with Crippen LogP contribution in [0.5, 0.6) is 0 Å². The van der Waals surface area contributed by atoms with Gasteiger partial charge in [0.05, 0.1) is 13.0 Å². The van der Waals surface area contributed by atoms with Crippen LogP contribution in [0.4, 0.5) is 0 Å². The van der Waals surface area contributed by atoms with Gasteiger partial charge in [0, 0.05) is 11.5 Å². The highest BCUT2D eigenvalue weighted by molar-refractivity contribution is 9.10. The summed E-state index contributed by atoms with van der Waals surface area (Å²) in [5.74, 6) is -0.717. The molecule has 0 aliphatic carbocycles. The van der Waals surface area contributed by atoms with E-state index >= 15 is 0 Å². The van der Waals surface area contributed by atoms with Crippen LogP contribution in [0.15, 0.2) is 21.7 Å². The number of amides is 1. The largest absolute Gasteiger partial charge is 0.461 e. The van der Waals surface area contributed by atoms with Gasteiger partial charge in [0.1, 0.15) is 5.71 Å². The Morgan fingerprint density at radius 2 is 1.95 bits per heavy atom. The standard InChI is InChI=1S/C16H21BrN2O3/c1-6-22-16(21)12(4)18-19(5)15(20)9-13-11(3)7-10(2)8-14(13)17/h7-8H,6,9H2,1-5H3. The van der Waals surface area contributed by atoms with Crippen LogP contribution in [-0.4, -0.2) is 36.3 Å². The third-order valence-corrected chi connectivity index (χ3v) is 3.83. The van der Waals surface area contributed by atoms with Crippen molar-refractivity contribution in [1.29, 1.82) is 0 Å². The van der Waals surface area contributed by atoms with E-state index < -0.39 is 5.97 Å². The maximum Gasteiger partial charge on any atom is 0.354 e. The van der Waals surface area contributed by atoms with E-state index in [2.05, 4.69) is 21.0 Å². The molecule has 1 aromatic rings. The van der Waals surface area contributed by atoms with Gasteiger partial charge in [-0.05, 0) is 50.5 Å². The number of ether oxygens (including phenoxy) is 1. The fraction of sp³-hybridized carbons (Fsp3) is 0.438. The monoisotopic (exact) mass is 368 g/mol. The van der Waals surface area contributed by atoms with Gasteiger partial charge < -0.3 is 4.74 Å². The topological polar surface area (TPSA) is 59.0 Å². The van der Waals surface area contributed by atoms with E-state index in [4.69, 9.17) is 4.74 Å². The van der Waals surface area contributed by atoms with Gasteiger partial charge in [-0.3, -0.25) is 4.79 Å². The summed E-state index contributed by atoms with van der Waals surface area (Å²) in [5, 5.41) is 5.16. The summed E-state index contributed by atoms with van der Waals surface area (Å²) < 4.78 is 5.74. The smallest absolute Gasteiger partial charge is 0.354 e. The molecule has 0 aliphatic rings. The van der Waals surface area contributed by atoms with Gasteiger partial charge >= 0.3 is 5.97 Å². The maximum absolute atomic E-state index is 12.3. The molecule has 0 saturated heterocycles. The Morgan fingerprint density at radius 3 is 2.50 bits per heavy atom. The Hall–Kier alpha value is -1.69. The highest BCUT2D eigenvalue weighted by atomic mass is 79.9. The van der Waals surface area contributed by atoms with E-state index in [-0.39, 0.29) is 24.6 Å². The van der Waals surface area contributed by atoms with Crippen molar-refractivity contribution in [2.24, 2.45) is 5.10 Å². The number of esters is 1. The van der Waals surface area contributed by atoms with Crippen LogP contribution in [-0.2, 0) is 20.7 Å². The highest BCUT2D eigenvalue weighted by Crippen LogP contribution is 2.23. The first-order valence-corrected chi connectivity index (χ1v) is 7.80. The molecule has 0 N–H and O–H groups in total. The number of carbonyl (C=O) groups excluding carboxylic acids is 2. The number of carbonyl (C=O) groups is 2. The molecule has 5 nitrogen and oxygen atoms in total. The first-order valence-electron chi connectivity index (χ1n) is 7.00. The molecule has 1 amide bonds. The minimum absolute atomic E-state index is 0.150. The Balaban J connectivity index is 2.85. The van der Waals surface area contributed by atoms with Crippen molar-refractivity contribution in [1.82, 2.24) is 5.01 Å². The number of halogens is 1. The normalized spacial score (nSPS) is 11.3. The van der Waals surface area contributed by atoms with Crippen LogP contribution in [0, 0.1) is 13.8 Å². The van der Waals surface area contributed by atoms with Gasteiger partial charge in [0.25, 0.3) is 0 Å². The second-order valence-corrected chi connectivity index (χ2v) is 5.90. The second-order valence-electron chi connectivity index (χ2n) is 5.04. The van der Waals surface area contributed by atoms with Crippen LogP contribution in [0.1, 0.15) is 30.5 Å². The third-order valence-electron chi connectivity index (χ3n) is 3.12. The average molecular weight is 369 g/mol. The lowest BCUT2D eigenvalue weighted by Gasteiger charge is -2.15. The zero-order valence-electron chi connectivity index (χ0n) is 13.6. The summed E-state index contributed by atoms with van der Waals surface area (Å²) in [6, 6.07) is 4.00. The molecule has 0 radical (unpaired) electrons.